The summed E-state index contributed by atoms with van der Waals surface area (Å²) in [5, 5.41) is 10.5. The van der Waals surface area contributed by atoms with Crippen LogP contribution in [0.3, 0.4) is 0 Å². The van der Waals surface area contributed by atoms with Crippen LogP contribution in [0.4, 0.5) is 13.6 Å². The van der Waals surface area contributed by atoms with E-state index < -0.39 is 36.0 Å². The minimum atomic E-state index is -1.31. The van der Waals surface area contributed by atoms with Crippen molar-refractivity contribution >= 4 is 18.7 Å². The van der Waals surface area contributed by atoms with E-state index in [0.29, 0.717) is 0 Å². The standard InChI is InChI=1S/C14H18BF2NO4/c1-13(2)14(3,4)22-15(21-13)9-6-5-8(7-18-12(19)20)10(16)11(9)17/h5-6,18H,7H2,1-4H3,(H,19,20). The number of amides is 1. The molecule has 1 aliphatic heterocycles. The Kier molecular flexibility index (Phi) is 4.19. The van der Waals surface area contributed by atoms with Gasteiger partial charge in [-0.3, -0.25) is 0 Å². The lowest BCUT2D eigenvalue weighted by molar-refractivity contribution is 0.00578. The predicted molar refractivity (Wildman–Crippen MR) is 76.9 cm³/mol. The van der Waals surface area contributed by atoms with E-state index in [2.05, 4.69) is 0 Å². The number of hydrogen-bond donors (Lipinski definition) is 2. The number of hydrogen-bond acceptors (Lipinski definition) is 3. The van der Waals surface area contributed by atoms with Gasteiger partial charge in [-0.2, -0.15) is 0 Å². The molecule has 0 aliphatic carbocycles. The van der Waals surface area contributed by atoms with Gasteiger partial charge in [-0.15, -0.1) is 0 Å². The molecule has 1 saturated heterocycles. The minimum absolute atomic E-state index is 0.0461. The molecule has 0 bridgehead atoms. The maximum Gasteiger partial charge on any atom is 0.497 e. The van der Waals surface area contributed by atoms with Crippen molar-refractivity contribution in [3.63, 3.8) is 0 Å². The summed E-state index contributed by atoms with van der Waals surface area (Å²) in [5.41, 5.74) is -1.45. The third kappa shape index (κ3) is 2.93. The van der Waals surface area contributed by atoms with E-state index in [0.717, 1.165) is 0 Å². The molecule has 0 aromatic heterocycles. The second kappa shape index (κ2) is 5.51. The van der Waals surface area contributed by atoms with E-state index in [-0.39, 0.29) is 17.6 Å². The molecule has 1 aliphatic rings. The summed E-state index contributed by atoms with van der Waals surface area (Å²) in [6.45, 7) is 6.93. The lowest BCUT2D eigenvalue weighted by Crippen LogP contribution is -2.41. The van der Waals surface area contributed by atoms with Crippen molar-refractivity contribution in [2.45, 2.75) is 45.4 Å². The Hall–Kier alpha value is -1.67. The van der Waals surface area contributed by atoms with Crippen LogP contribution >= 0.6 is 0 Å². The molecule has 2 rings (SSSR count). The molecule has 22 heavy (non-hydrogen) atoms. The first-order valence-electron chi connectivity index (χ1n) is 6.84. The zero-order chi connectivity index (χ0) is 16.7. The van der Waals surface area contributed by atoms with E-state index in [9.17, 15) is 13.6 Å². The molecule has 0 radical (unpaired) electrons. The van der Waals surface area contributed by atoms with Crippen LogP contribution < -0.4 is 10.8 Å². The molecule has 120 valence electrons. The van der Waals surface area contributed by atoms with Crippen LogP contribution in [0.5, 0.6) is 0 Å². The van der Waals surface area contributed by atoms with Crippen LogP contribution in [0.1, 0.15) is 33.3 Å². The van der Waals surface area contributed by atoms with E-state index >= 15 is 0 Å². The third-order valence-electron chi connectivity index (χ3n) is 4.13. The first kappa shape index (κ1) is 16.7. The zero-order valence-corrected chi connectivity index (χ0v) is 12.9. The first-order valence-corrected chi connectivity index (χ1v) is 6.84. The number of nitrogens with one attached hydrogen (secondary N) is 1. The van der Waals surface area contributed by atoms with Gasteiger partial charge in [-0.05, 0) is 27.7 Å². The molecule has 0 unspecified atom stereocenters. The smallest absolute Gasteiger partial charge is 0.465 e. The zero-order valence-electron chi connectivity index (χ0n) is 12.9. The van der Waals surface area contributed by atoms with E-state index in [4.69, 9.17) is 14.4 Å². The van der Waals surface area contributed by atoms with Crippen LogP contribution in [0.2, 0.25) is 0 Å². The summed E-state index contributed by atoms with van der Waals surface area (Å²) in [6, 6.07) is 2.66. The molecule has 1 heterocycles. The molecule has 0 saturated carbocycles. The van der Waals surface area contributed by atoms with Crippen molar-refractivity contribution in [1.29, 1.82) is 0 Å². The van der Waals surface area contributed by atoms with Crippen LogP contribution in [0.15, 0.2) is 12.1 Å². The van der Waals surface area contributed by atoms with Crippen molar-refractivity contribution in [3.8, 4) is 0 Å². The van der Waals surface area contributed by atoms with Crippen molar-refractivity contribution in [1.82, 2.24) is 5.32 Å². The number of carboxylic acid groups (broad SMARTS) is 1. The molecular formula is C14H18BF2NO4. The van der Waals surface area contributed by atoms with Gasteiger partial charge < -0.3 is 19.7 Å². The highest BCUT2D eigenvalue weighted by Crippen LogP contribution is 2.36. The van der Waals surface area contributed by atoms with Gasteiger partial charge >= 0.3 is 13.2 Å². The highest BCUT2D eigenvalue weighted by Gasteiger charge is 2.52. The van der Waals surface area contributed by atoms with Crippen LogP contribution in [-0.4, -0.2) is 29.5 Å². The number of carbonyl (C=O) groups is 1. The van der Waals surface area contributed by atoms with Gasteiger partial charge in [0.05, 0.1) is 11.2 Å². The number of benzene rings is 1. The number of rotatable bonds is 3. The van der Waals surface area contributed by atoms with Crippen molar-refractivity contribution in [2.24, 2.45) is 0 Å². The minimum Gasteiger partial charge on any atom is -0.465 e. The van der Waals surface area contributed by atoms with E-state index in [1.54, 1.807) is 0 Å². The summed E-state index contributed by atoms with van der Waals surface area (Å²) in [6.07, 6.45) is -1.31. The molecule has 1 aromatic carbocycles. The monoisotopic (exact) mass is 313 g/mol. The molecule has 0 spiro atoms. The predicted octanol–water partition coefficient (Wildman–Crippen LogP) is 2.03. The number of halogens is 2. The van der Waals surface area contributed by atoms with Crippen LogP contribution in [0, 0.1) is 11.6 Å². The molecule has 0 atom stereocenters. The Morgan fingerprint density at radius 2 is 1.73 bits per heavy atom. The second-order valence-corrected chi connectivity index (χ2v) is 6.19. The highest BCUT2D eigenvalue weighted by molar-refractivity contribution is 6.62. The Labute approximate surface area is 127 Å². The van der Waals surface area contributed by atoms with Gasteiger partial charge in [-0.25, -0.2) is 13.6 Å². The SMILES string of the molecule is CC1(C)OB(c2ccc(CNC(=O)O)c(F)c2F)OC1(C)C. The highest BCUT2D eigenvalue weighted by atomic mass is 19.2. The fourth-order valence-corrected chi connectivity index (χ4v) is 2.06. The fourth-order valence-electron chi connectivity index (χ4n) is 2.06. The Morgan fingerprint density at radius 3 is 2.23 bits per heavy atom. The van der Waals surface area contributed by atoms with Crippen molar-refractivity contribution < 1.29 is 28.0 Å². The molecule has 8 heteroatoms. The largest absolute Gasteiger partial charge is 0.497 e. The molecular weight excluding hydrogens is 295 g/mol. The summed E-state index contributed by atoms with van der Waals surface area (Å²) in [7, 11) is -1.01. The lowest BCUT2D eigenvalue weighted by atomic mass is 9.78. The quantitative estimate of drug-likeness (QED) is 0.838. The fraction of sp³-hybridized carbons (Fsp3) is 0.500. The lowest BCUT2D eigenvalue weighted by Gasteiger charge is -2.32. The van der Waals surface area contributed by atoms with Gasteiger partial charge in [0.2, 0.25) is 0 Å². The van der Waals surface area contributed by atoms with Crippen LogP contribution in [-0.2, 0) is 15.9 Å². The van der Waals surface area contributed by atoms with Gasteiger partial charge in [0.1, 0.15) is 0 Å². The van der Waals surface area contributed by atoms with Gasteiger partial charge in [0.15, 0.2) is 11.6 Å². The van der Waals surface area contributed by atoms with Crippen molar-refractivity contribution in [2.75, 3.05) is 0 Å². The summed E-state index contributed by atoms with van der Waals surface area (Å²) < 4.78 is 39.6. The third-order valence-corrected chi connectivity index (χ3v) is 4.13. The maximum atomic E-state index is 14.2. The van der Waals surface area contributed by atoms with Gasteiger partial charge in [-0.1, -0.05) is 12.1 Å². The summed E-state index contributed by atoms with van der Waals surface area (Å²) >= 11 is 0. The summed E-state index contributed by atoms with van der Waals surface area (Å²) in [5.74, 6) is -2.20. The Morgan fingerprint density at radius 1 is 1.18 bits per heavy atom. The second-order valence-electron chi connectivity index (χ2n) is 6.19. The van der Waals surface area contributed by atoms with Gasteiger partial charge in [0.25, 0.3) is 0 Å². The van der Waals surface area contributed by atoms with Crippen molar-refractivity contribution in [3.05, 3.63) is 29.3 Å². The summed E-state index contributed by atoms with van der Waals surface area (Å²) in [4.78, 5) is 10.4. The van der Waals surface area contributed by atoms with Gasteiger partial charge in [0, 0.05) is 17.6 Å². The Balaban J connectivity index is 2.27. The van der Waals surface area contributed by atoms with E-state index in [1.165, 1.54) is 12.1 Å². The molecule has 5 nitrogen and oxygen atoms in total. The maximum absolute atomic E-state index is 14.2. The molecule has 1 fully saturated rings. The van der Waals surface area contributed by atoms with E-state index in [1.807, 2.05) is 33.0 Å². The molecule has 1 aromatic rings. The van der Waals surface area contributed by atoms with Crippen LogP contribution in [0.25, 0.3) is 0 Å². The Bertz CT molecular complexity index is 591. The molecule has 1 amide bonds. The first-order chi connectivity index (χ1) is 10.0. The normalized spacial score (nSPS) is 19.3. The average molecular weight is 313 g/mol. The average Bonchev–Trinajstić information content (AvgIpc) is 2.60. The topological polar surface area (TPSA) is 67.8 Å². The molecule has 2 N–H and O–H groups in total.